The molecule has 0 aromatic heterocycles. The average molecular weight is 319 g/mol. The molecule has 0 unspecified atom stereocenters. The van der Waals surface area contributed by atoms with Gasteiger partial charge >= 0.3 is 6.09 Å². The van der Waals surface area contributed by atoms with E-state index in [0.717, 1.165) is 19.1 Å². The van der Waals surface area contributed by atoms with Crippen LogP contribution in [0.25, 0.3) is 0 Å². The second-order valence-corrected chi connectivity index (χ2v) is 8.08. The largest absolute Gasteiger partial charge is 0.465 e. The maximum absolute atomic E-state index is 11.3. The summed E-state index contributed by atoms with van der Waals surface area (Å²) in [4.78, 5) is 12.5. The third kappa shape index (κ3) is 4.32. The van der Waals surface area contributed by atoms with Gasteiger partial charge in [-0.2, -0.15) is 8.42 Å². The molecule has 6 nitrogen and oxygen atoms in total. The molecular formula is C14H25NO5S. The predicted octanol–water partition coefficient (Wildman–Crippen LogP) is 2.30. The van der Waals surface area contributed by atoms with E-state index in [1.54, 1.807) is 0 Å². The van der Waals surface area contributed by atoms with Crippen LogP contribution < -0.4 is 0 Å². The van der Waals surface area contributed by atoms with Gasteiger partial charge in [-0.05, 0) is 31.6 Å². The molecule has 7 heteroatoms. The summed E-state index contributed by atoms with van der Waals surface area (Å²) in [7, 11) is -3.46. The summed E-state index contributed by atoms with van der Waals surface area (Å²) >= 11 is 0. The Hall–Kier alpha value is -0.820. The highest BCUT2D eigenvalue weighted by molar-refractivity contribution is 7.85. The zero-order valence-corrected chi connectivity index (χ0v) is 13.4. The van der Waals surface area contributed by atoms with Gasteiger partial charge in [0.15, 0.2) is 0 Å². The number of carboxylic acid groups (broad SMARTS) is 1. The Balaban J connectivity index is 2.09. The summed E-state index contributed by atoms with van der Waals surface area (Å²) < 4.78 is 27.8. The summed E-state index contributed by atoms with van der Waals surface area (Å²) in [5, 5.41) is 9.08. The molecule has 0 spiro atoms. The van der Waals surface area contributed by atoms with Crippen LogP contribution >= 0.6 is 0 Å². The lowest BCUT2D eigenvalue weighted by Crippen LogP contribution is -2.48. The van der Waals surface area contributed by atoms with E-state index in [4.69, 9.17) is 9.29 Å². The summed E-state index contributed by atoms with van der Waals surface area (Å²) in [5.74, 6) is 0.448. The minimum Gasteiger partial charge on any atom is -0.465 e. The fourth-order valence-electron chi connectivity index (χ4n) is 3.75. The Bertz CT molecular complexity index is 462. The number of piperidine rings is 1. The lowest BCUT2D eigenvalue weighted by atomic mass is 9.64. The first kappa shape index (κ1) is 16.5. The first-order valence-corrected chi connectivity index (χ1v) is 9.46. The summed E-state index contributed by atoms with van der Waals surface area (Å²) in [6.07, 6.45) is 7.35. The number of nitrogens with zero attached hydrogens (tertiary/aromatic N) is 1. The van der Waals surface area contributed by atoms with Crippen molar-refractivity contribution in [1.29, 1.82) is 0 Å². The van der Waals surface area contributed by atoms with Gasteiger partial charge in [-0.1, -0.05) is 19.3 Å². The van der Waals surface area contributed by atoms with Crippen LogP contribution in [-0.2, 0) is 14.3 Å². The highest BCUT2D eigenvalue weighted by Crippen LogP contribution is 2.46. The summed E-state index contributed by atoms with van der Waals surface area (Å²) in [5.41, 5.74) is -0.185. The number of likely N-dealkylation sites (tertiary alicyclic amines) is 1. The van der Waals surface area contributed by atoms with Crippen LogP contribution in [0.5, 0.6) is 0 Å². The molecule has 2 fully saturated rings. The SMILES string of the molecule is CS(=O)(=O)OCC1(C2CCCCC2)CCN(C(=O)O)CC1. The van der Waals surface area contributed by atoms with Crippen LogP contribution in [0.4, 0.5) is 4.79 Å². The lowest BCUT2D eigenvalue weighted by Gasteiger charge is -2.47. The van der Waals surface area contributed by atoms with Crippen molar-refractivity contribution in [1.82, 2.24) is 4.90 Å². The second kappa shape index (κ2) is 6.52. The normalized spacial score (nSPS) is 24.0. The molecule has 1 amide bonds. The van der Waals surface area contributed by atoms with Crippen molar-refractivity contribution in [2.24, 2.45) is 11.3 Å². The zero-order valence-electron chi connectivity index (χ0n) is 12.6. The van der Waals surface area contributed by atoms with E-state index in [2.05, 4.69) is 0 Å². The molecule has 1 saturated carbocycles. The molecule has 0 bridgehead atoms. The van der Waals surface area contributed by atoms with E-state index < -0.39 is 16.2 Å². The molecular weight excluding hydrogens is 294 g/mol. The Morgan fingerprint density at radius 2 is 1.81 bits per heavy atom. The van der Waals surface area contributed by atoms with Crippen molar-refractivity contribution in [3.63, 3.8) is 0 Å². The van der Waals surface area contributed by atoms with Crippen molar-refractivity contribution >= 4 is 16.2 Å². The van der Waals surface area contributed by atoms with Crippen molar-refractivity contribution in [3.05, 3.63) is 0 Å². The molecule has 1 N–H and O–H groups in total. The first-order chi connectivity index (χ1) is 9.82. The molecule has 1 aliphatic heterocycles. The van der Waals surface area contributed by atoms with E-state index in [0.29, 0.717) is 31.8 Å². The quantitative estimate of drug-likeness (QED) is 0.804. The Morgan fingerprint density at radius 3 is 2.29 bits per heavy atom. The highest BCUT2D eigenvalue weighted by Gasteiger charge is 2.43. The van der Waals surface area contributed by atoms with Gasteiger partial charge in [0, 0.05) is 18.5 Å². The van der Waals surface area contributed by atoms with Crippen LogP contribution in [-0.4, -0.2) is 50.5 Å². The molecule has 0 aromatic rings. The van der Waals surface area contributed by atoms with Gasteiger partial charge < -0.3 is 10.0 Å². The average Bonchev–Trinajstić information content (AvgIpc) is 2.46. The van der Waals surface area contributed by atoms with Gasteiger partial charge in [-0.3, -0.25) is 4.18 Å². The van der Waals surface area contributed by atoms with E-state index >= 15 is 0 Å². The number of hydrogen-bond donors (Lipinski definition) is 1. The van der Waals surface area contributed by atoms with Crippen LogP contribution in [0.15, 0.2) is 0 Å². The topological polar surface area (TPSA) is 83.9 Å². The zero-order chi connectivity index (χ0) is 15.5. The molecule has 0 radical (unpaired) electrons. The Kier molecular flexibility index (Phi) is 5.14. The molecule has 1 aliphatic carbocycles. The van der Waals surface area contributed by atoms with Gasteiger partial charge in [0.1, 0.15) is 0 Å². The fourth-order valence-corrected chi connectivity index (χ4v) is 4.20. The van der Waals surface area contributed by atoms with E-state index in [9.17, 15) is 13.2 Å². The molecule has 1 saturated heterocycles. The Morgan fingerprint density at radius 1 is 1.24 bits per heavy atom. The number of rotatable bonds is 4. The summed E-state index contributed by atoms with van der Waals surface area (Å²) in [6.45, 7) is 1.14. The molecule has 21 heavy (non-hydrogen) atoms. The molecule has 0 atom stereocenters. The smallest absolute Gasteiger partial charge is 0.407 e. The molecule has 122 valence electrons. The van der Waals surface area contributed by atoms with Crippen molar-refractivity contribution in [3.8, 4) is 0 Å². The van der Waals surface area contributed by atoms with Gasteiger partial charge in [-0.15, -0.1) is 0 Å². The molecule has 0 aromatic carbocycles. The van der Waals surface area contributed by atoms with Crippen LogP contribution in [0, 0.1) is 11.3 Å². The maximum atomic E-state index is 11.3. The molecule has 2 rings (SSSR count). The van der Waals surface area contributed by atoms with E-state index in [-0.39, 0.29) is 12.0 Å². The van der Waals surface area contributed by atoms with Crippen molar-refractivity contribution in [2.45, 2.75) is 44.9 Å². The van der Waals surface area contributed by atoms with Crippen LogP contribution in [0.2, 0.25) is 0 Å². The minimum absolute atomic E-state index is 0.185. The molecule has 1 heterocycles. The van der Waals surface area contributed by atoms with E-state index in [1.807, 2.05) is 0 Å². The van der Waals surface area contributed by atoms with Gasteiger partial charge in [0.2, 0.25) is 0 Å². The van der Waals surface area contributed by atoms with Crippen LogP contribution in [0.3, 0.4) is 0 Å². The molecule has 2 aliphatic rings. The second-order valence-electron chi connectivity index (χ2n) is 6.43. The van der Waals surface area contributed by atoms with Gasteiger partial charge in [-0.25, -0.2) is 4.79 Å². The van der Waals surface area contributed by atoms with Gasteiger partial charge in [0.25, 0.3) is 10.1 Å². The maximum Gasteiger partial charge on any atom is 0.407 e. The third-order valence-electron chi connectivity index (χ3n) is 5.06. The summed E-state index contributed by atoms with van der Waals surface area (Å²) in [6, 6.07) is 0. The number of amides is 1. The Labute approximate surface area is 126 Å². The standard InChI is InChI=1S/C14H25NO5S/c1-21(18,19)20-11-14(12-5-3-2-4-6-12)7-9-15(10-8-14)13(16)17/h12H,2-11H2,1H3,(H,16,17). The third-order valence-corrected chi connectivity index (χ3v) is 5.61. The fraction of sp³-hybridized carbons (Fsp3) is 0.929. The van der Waals surface area contributed by atoms with E-state index in [1.165, 1.54) is 24.2 Å². The number of carbonyl (C=O) groups is 1. The first-order valence-electron chi connectivity index (χ1n) is 7.65. The lowest BCUT2D eigenvalue weighted by molar-refractivity contribution is -0.00360. The minimum atomic E-state index is -3.46. The van der Waals surface area contributed by atoms with Crippen molar-refractivity contribution < 1.29 is 22.5 Å². The van der Waals surface area contributed by atoms with Crippen molar-refractivity contribution in [2.75, 3.05) is 26.0 Å². The monoisotopic (exact) mass is 319 g/mol. The predicted molar refractivity (Wildman–Crippen MR) is 78.6 cm³/mol. The van der Waals surface area contributed by atoms with Gasteiger partial charge in [0.05, 0.1) is 12.9 Å². The number of hydrogen-bond acceptors (Lipinski definition) is 4. The highest BCUT2D eigenvalue weighted by atomic mass is 32.2. The van der Waals surface area contributed by atoms with Crippen LogP contribution in [0.1, 0.15) is 44.9 Å².